The van der Waals surface area contributed by atoms with Gasteiger partial charge in [0.25, 0.3) is 0 Å². The zero-order valence-corrected chi connectivity index (χ0v) is 12.2. The molecule has 4 heteroatoms. The van der Waals surface area contributed by atoms with Gasteiger partial charge in [-0.3, -0.25) is 4.79 Å². The number of carbonyl (C=O) groups is 1. The topological polar surface area (TPSA) is 56.1 Å². The maximum Gasteiger partial charge on any atom is 0.246 e. The van der Waals surface area contributed by atoms with Crippen LogP contribution in [0, 0.1) is 11.3 Å². The van der Waals surface area contributed by atoms with E-state index in [0.717, 1.165) is 30.8 Å². The predicted molar refractivity (Wildman–Crippen MR) is 86.8 cm³/mol. The van der Waals surface area contributed by atoms with Crippen molar-refractivity contribution in [2.24, 2.45) is 0 Å². The van der Waals surface area contributed by atoms with Crippen LogP contribution in [0.5, 0.6) is 0 Å². The van der Waals surface area contributed by atoms with Gasteiger partial charge in [-0.25, -0.2) is 0 Å². The van der Waals surface area contributed by atoms with Crippen LogP contribution in [0.25, 0.3) is 0 Å². The Kier molecular flexibility index (Phi) is 4.06. The Labute approximate surface area is 130 Å². The number of nitrogens with one attached hydrogen (secondary N) is 1. The summed E-state index contributed by atoms with van der Waals surface area (Å²) in [6, 6.07) is 17.3. The number of para-hydroxylation sites is 1. The minimum absolute atomic E-state index is 0.0662. The normalized spacial score (nSPS) is 13.1. The molecule has 0 bridgehead atoms. The van der Waals surface area contributed by atoms with Crippen LogP contribution in [0.3, 0.4) is 0 Å². The summed E-state index contributed by atoms with van der Waals surface area (Å²) in [5.74, 6) is 0.0662. The number of aryl methyl sites for hydroxylation is 1. The molecule has 0 aliphatic carbocycles. The molecule has 1 N–H and O–H groups in total. The number of hydrogen-bond donors (Lipinski definition) is 1. The summed E-state index contributed by atoms with van der Waals surface area (Å²) in [5.41, 5.74) is 3.72. The highest BCUT2D eigenvalue weighted by Gasteiger charge is 2.21. The highest BCUT2D eigenvalue weighted by Crippen LogP contribution is 2.26. The van der Waals surface area contributed by atoms with E-state index >= 15 is 0 Å². The van der Waals surface area contributed by atoms with E-state index in [0.29, 0.717) is 5.56 Å². The van der Waals surface area contributed by atoms with Gasteiger partial charge in [-0.2, -0.15) is 5.26 Å². The highest BCUT2D eigenvalue weighted by molar-refractivity contribution is 5.97. The second-order valence-electron chi connectivity index (χ2n) is 5.32. The number of nitrogens with zero attached hydrogens (tertiary/aromatic N) is 2. The fourth-order valence-corrected chi connectivity index (χ4v) is 2.73. The number of fused-ring (bicyclic) bond motifs is 1. The molecule has 2 aromatic carbocycles. The van der Waals surface area contributed by atoms with Crippen LogP contribution in [-0.2, 0) is 11.2 Å². The summed E-state index contributed by atoms with van der Waals surface area (Å²) in [5, 5.41) is 11.9. The Morgan fingerprint density at radius 1 is 1.18 bits per heavy atom. The average molecular weight is 291 g/mol. The van der Waals surface area contributed by atoms with Crippen LogP contribution < -0.4 is 10.2 Å². The van der Waals surface area contributed by atoms with Crippen molar-refractivity contribution in [2.45, 2.75) is 12.8 Å². The maximum absolute atomic E-state index is 12.5. The lowest BCUT2D eigenvalue weighted by Gasteiger charge is -2.29. The fourth-order valence-electron chi connectivity index (χ4n) is 2.73. The first kappa shape index (κ1) is 14.2. The minimum atomic E-state index is 0.0662. The van der Waals surface area contributed by atoms with Crippen LogP contribution in [-0.4, -0.2) is 19.0 Å². The molecular weight excluding hydrogens is 274 g/mol. The molecule has 4 nitrogen and oxygen atoms in total. The molecule has 0 radical (unpaired) electrons. The van der Waals surface area contributed by atoms with E-state index in [4.69, 9.17) is 5.26 Å². The summed E-state index contributed by atoms with van der Waals surface area (Å²) in [6.07, 6.45) is 2.03. The molecule has 0 fully saturated rings. The lowest BCUT2D eigenvalue weighted by molar-refractivity contribution is -0.117. The molecule has 0 spiro atoms. The molecule has 1 heterocycles. The molecule has 22 heavy (non-hydrogen) atoms. The molecule has 1 amide bonds. The maximum atomic E-state index is 12.5. The summed E-state index contributed by atoms with van der Waals surface area (Å²) >= 11 is 0. The number of rotatable bonds is 3. The van der Waals surface area contributed by atoms with Gasteiger partial charge < -0.3 is 10.2 Å². The van der Waals surface area contributed by atoms with E-state index in [2.05, 4.69) is 17.5 Å². The average Bonchev–Trinajstić information content (AvgIpc) is 2.59. The van der Waals surface area contributed by atoms with Crippen LogP contribution in [0.4, 0.5) is 11.4 Å². The molecule has 0 saturated carbocycles. The summed E-state index contributed by atoms with van der Waals surface area (Å²) in [6.45, 7) is 1.02. The monoisotopic (exact) mass is 291 g/mol. The van der Waals surface area contributed by atoms with E-state index in [-0.39, 0.29) is 12.5 Å². The summed E-state index contributed by atoms with van der Waals surface area (Å²) in [7, 11) is 0. The van der Waals surface area contributed by atoms with Crippen molar-refractivity contribution < 1.29 is 4.79 Å². The molecule has 0 aromatic heterocycles. The lowest BCUT2D eigenvalue weighted by Crippen LogP contribution is -2.39. The highest BCUT2D eigenvalue weighted by atomic mass is 16.2. The molecule has 1 aliphatic heterocycles. The third-order valence-corrected chi connectivity index (χ3v) is 3.87. The van der Waals surface area contributed by atoms with Gasteiger partial charge in [-0.15, -0.1) is 0 Å². The van der Waals surface area contributed by atoms with E-state index < -0.39 is 0 Å². The van der Waals surface area contributed by atoms with Gasteiger partial charge in [0.1, 0.15) is 0 Å². The number of hydrogen-bond acceptors (Lipinski definition) is 3. The van der Waals surface area contributed by atoms with Crippen molar-refractivity contribution in [3.63, 3.8) is 0 Å². The summed E-state index contributed by atoms with van der Waals surface area (Å²) < 4.78 is 0. The van der Waals surface area contributed by atoms with E-state index in [1.54, 1.807) is 12.1 Å². The predicted octanol–water partition coefficient (Wildman–Crippen LogP) is 2.95. The van der Waals surface area contributed by atoms with Crippen molar-refractivity contribution in [1.82, 2.24) is 0 Å². The van der Waals surface area contributed by atoms with Crippen LogP contribution in [0.15, 0.2) is 48.5 Å². The van der Waals surface area contributed by atoms with Gasteiger partial charge >= 0.3 is 0 Å². The molecule has 0 unspecified atom stereocenters. The first-order valence-corrected chi connectivity index (χ1v) is 7.40. The number of benzene rings is 2. The van der Waals surface area contributed by atoms with Crippen LogP contribution in [0.2, 0.25) is 0 Å². The first-order valence-electron chi connectivity index (χ1n) is 7.40. The Hall–Kier alpha value is -2.80. The summed E-state index contributed by atoms with van der Waals surface area (Å²) in [4.78, 5) is 14.3. The zero-order chi connectivity index (χ0) is 15.4. The SMILES string of the molecule is N#Cc1ccc(NCC(=O)N2CCCc3ccccc32)cc1. The van der Waals surface area contributed by atoms with Crippen molar-refractivity contribution >= 4 is 17.3 Å². The number of amides is 1. The van der Waals surface area contributed by atoms with Gasteiger partial charge in [-0.1, -0.05) is 18.2 Å². The number of nitriles is 1. The van der Waals surface area contributed by atoms with Gasteiger partial charge in [0.15, 0.2) is 0 Å². The minimum Gasteiger partial charge on any atom is -0.376 e. The Bertz CT molecular complexity index is 716. The largest absolute Gasteiger partial charge is 0.376 e. The van der Waals surface area contributed by atoms with Gasteiger partial charge in [0.05, 0.1) is 18.2 Å². The molecule has 110 valence electrons. The van der Waals surface area contributed by atoms with Gasteiger partial charge in [0.2, 0.25) is 5.91 Å². The second kappa shape index (κ2) is 6.31. The van der Waals surface area contributed by atoms with Crippen molar-refractivity contribution in [3.05, 3.63) is 59.7 Å². The molecular formula is C18H17N3O. The molecule has 0 atom stereocenters. The van der Waals surface area contributed by atoms with Crippen molar-refractivity contribution in [1.29, 1.82) is 5.26 Å². The Balaban J connectivity index is 1.66. The van der Waals surface area contributed by atoms with Crippen LogP contribution in [0.1, 0.15) is 17.5 Å². The van der Waals surface area contributed by atoms with Crippen molar-refractivity contribution in [2.75, 3.05) is 23.3 Å². The molecule has 1 aliphatic rings. The quantitative estimate of drug-likeness (QED) is 0.946. The lowest BCUT2D eigenvalue weighted by atomic mass is 10.0. The second-order valence-corrected chi connectivity index (χ2v) is 5.32. The standard InChI is InChI=1S/C18H17N3O/c19-12-14-7-9-16(10-8-14)20-13-18(22)21-11-3-5-15-4-1-2-6-17(15)21/h1-2,4,6-10,20H,3,5,11,13H2. The van der Waals surface area contributed by atoms with Crippen molar-refractivity contribution in [3.8, 4) is 6.07 Å². The number of carbonyl (C=O) groups excluding carboxylic acids is 1. The van der Waals surface area contributed by atoms with Gasteiger partial charge in [0, 0.05) is 17.9 Å². The Morgan fingerprint density at radius 3 is 2.73 bits per heavy atom. The first-order chi connectivity index (χ1) is 10.8. The molecule has 3 rings (SSSR count). The van der Waals surface area contributed by atoms with E-state index in [1.807, 2.05) is 35.2 Å². The Morgan fingerprint density at radius 2 is 1.95 bits per heavy atom. The van der Waals surface area contributed by atoms with Crippen LogP contribution >= 0.6 is 0 Å². The third kappa shape index (κ3) is 2.94. The molecule has 2 aromatic rings. The van der Waals surface area contributed by atoms with E-state index in [1.165, 1.54) is 5.56 Å². The smallest absolute Gasteiger partial charge is 0.246 e. The number of anilines is 2. The molecule has 0 saturated heterocycles. The third-order valence-electron chi connectivity index (χ3n) is 3.87. The van der Waals surface area contributed by atoms with E-state index in [9.17, 15) is 4.79 Å². The zero-order valence-electron chi connectivity index (χ0n) is 12.2. The fraction of sp³-hybridized carbons (Fsp3) is 0.222. The van der Waals surface area contributed by atoms with Gasteiger partial charge in [-0.05, 0) is 48.7 Å².